The Kier molecular flexibility index (Phi) is 6.97. The minimum Gasteiger partial charge on any atom is -0.465 e. The van der Waals surface area contributed by atoms with Crippen molar-refractivity contribution in [3.05, 3.63) is 0 Å². The van der Waals surface area contributed by atoms with Gasteiger partial charge in [-0.3, -0.25) is 9.69 Å². The maximum absolute atomic E-state index is 11.7. The maximum atomic E-state index is 11.7. The van der Waals surface area contributed by atoms with Gasteiger partial charge in [0, 0.05) is 0 Å². The SMILES string of the molecule is CCCCOC(=O)CN1CCC(C2CCN(C)CC2)CC1. The van der Waals surface area contributed by atoms with Crippen molar-refractivity contribution in [1.29, 1.82) is 0 Å². The summed E-state index contributed by atoms with van der Waals surface area (Å²) in [5.74, 6) is 1.76. The molecule has 4 nitrogen and oxygen atoms in total. The van der Waals surface area contributed by atoms with Crippen LogP contribution in [0.1, 0.15) is 45.4 Å². The molecule has 0 saturated carbocycles. The average Bonchev–Trinajstić information content (AvgIpc) is 2.49. The van der Waals surface area contributed by atoms with Crippen molar-refractivity contribution in [3.63, 3.8) is 0 Å². The van der Waals surface area contributed by atoms with Gasteiger partial charge in [-0.05, 0) is 77.2 Å². The summed E-state index contributed by atoms with van der Waals surface area (Å²) in [5, 5.41) is 0. The molecule has 2 fully saturated rings. The Morgan fingerprint density at radius 1 is 1.05 bits per heavy atom. The molecule has 2 rings (SSSR count). The summed E-state index contributed by atoms with van der Waals surface area (Å²) in [6.07, 6.45) is 7.30. The normalized spacial score (nSPS) is 23.3. The zero-order chi connectivity index (χ0) is 15.1. The number of rotatable bonds is 6. The number of piperidine rings is 2. The maximum Gasteiger partial charge on any atom is 0.320 e. The van der Waals surface area contributed by atoms with Crippen LogP contribution in [0.5, 0.6) is 0 Å². The first kappa shape index (κ1) is 16.8. The van der Waals surface area contributed by atoms with Gasteiger partial charge >= 0.3 is 5.97 Å². The van der Waals surface area contributed by atoms with E-state index in [1.165, 1.54) is 38.8 Å². The van der Waals surface area contributed by atoms with Crippen molar-refractivity contribution in [1.82, 2.24) is 9.80 Å². The highest BCUT2D eigenvalue weighted by Gasteiger charge is 2.29. The van der Waals surface area contributed by atoms with Gasteiger partial charge in [-0.15, -0.1) is 0 Å². The standard InChI is InChI=1S/C17H32N2O2/c1-3-4-13-21-17(20)14-19-11-7-16(8-12-19)15-5-9-18(2)10-6-15/h15-16H,3-14H2,1-2H3. The van der Waals surface area contributed by atoms with Crippen molar-refractivity contribution in [3.8, 4) is 0 Å². The minimum absolute atomic E-state index is 0.0406. The molecule has 2 heterocycles. The van der Waals surface area contributed by atoms with Gasteiger partial charge in [-0.1, -0.05) is 13.3 Å². The van der Waals surface area contributed by atoms with Crippen LogP contribution in [0.15, 0.2) is 0 Å². The van der Waals surface area contributed by atoms with Crippen LogP contribution in [0.2, 0.25) is 0 Å². The lowest BCUT2D eigenvalue weighted by Crippen LogP contribution is -2.41. The summed E-state index contributed by atoms with van der Waals surface area (Å²) >= 11 is 0. The molecule has 0 bridgehead atoms. The van der Waals surface area contributed by atoms with Gasteiger partial charge in [0.2, 0.25) is 0 Å². The number of likely N-dealkylation sites (tertiary alicyclic amines) is 2. The monoisotopic (exact) mass is 296 g/mol. The number of carbonyl (C=O) groups is 1. The molecule has 0 atom stereocenters. The van der Waals surface area contributed by atoms with E-state index in [4.69, 9.17) is 4.74 Å². The van der Waals surface area contributed by atoms with E-state index in [-0.39, 0.29) is 5.97 Å². The Labute approximate surface area is 129 Å². The molecular formula is C17H32N2O2. The van der Waals surface area contributed by atoms with Crippen LogP contribution in [-0.2, 0) is 9.53 Å². The van der Waals surface area contributed by atoms with E-state index in [9.17, 15) is 4.79 Å². The number of hydrogen-bond acceptors (Lipinski definition) is 4. The third-order valence-electron chi connectivity index (χ3n) is 5.18. The van der Waals surface area contributed by atoms with E-state index in [0.29, 0.717) is 13.2 Å². The van der Waals surface area contributed by atoms with E-state index < -0.39 is 0 Å². The molecular weight excluding hydrogens is 264 g/mol. The quantitative estimate of drug-likeness (QED) is 0.556. The Morgan fingerprint density at radius 2 is 1.62 bits per heavy atom. The molecule has 2 aliphatic rings. The third kappa shape index (κ3) is 5.59. The van der Waals surface area contributed by atoms with E-state index >= 15 is 0 Å². The molecule has 2 aliphatic heterocycles. The van der Waals surface area contributed by atoms with E-state index in [0.717, 1.165) is 37.8 Å². The number of ether oxygens (including phenoxy) is 1. The average molecular weight is 296 g/mol. The lowest BCUT2D eigenvalue weighted by atomic mass is 9.79. The molecule has 122 valence electrons. The second kappa shape index (κ2) is 8.74. The largest absolute Gasteiger partial charge is 0.465 e. The second-order valence-electron chi connectivity index (χ2n) is 6.83. The Balaban J connectivity index is 1.62. The Bertz CT molecular complexity index is 306. The summed E-state index contributed by atoms with van der Waals surface area (Å²) < 4.78 is 5.25. The highest BCUT2D eigenvalue weighted by molar-refractivity contribution is 5.71. The fourth-order valence-electron chi connectivity index (χ4n) is 3.64. The number of esters is 1. The Hall–Kier alpha value is -0.610. The molecule has 0 aromatic rings. The second-order valence-corrected chi connectivity index (χ2v) is 6.83. The Morgan fingerprint density at radius 3 is 2.19 bits per heavy atom. The van der Waals surface area contributed by atoms with Crippen LogP contribution in [0, 0.1) is 11.8 Å². The van der Waals surface area contributed by atoms with Gasteiger partial charge < -0.3 is 9.64 Å². The zero-order valence-electron chi connectivity index (χ0n) is 13.9. The lowest BCUT2D eigenvalue weighted by Gasteiger charge is -2.39. The molecule has 0 spiro atoms. The smallest absolute Gasteiger partial charge is 0.320 e. The first-order valence-electron chi connectivity index (χ1n) is 8.75. The van der Waals surface area contributed by atoms with Crippen molar-refractivity contribution in [2.75, 3.05) is 46.4 Å². The van der Waals surface area contributed by atoms with Crippen molar-refractivity contribution in [2.45, 2.75) is 45.4 Å². The number of hydrogen-bond donors (Lipinski definition) is 0. The van der Waals surface area contributed by atoms with Gasteiger partial charge in [-0.25, -0.2) is 0 Å². The summed E-state index contributed by atoms with van der Waals surface area (Å²) in [6.45, 7) is 7.84. The fraction of sp³-hybridized carbons (Fsp3) is 0.941. The van der Waals surface area contributed by atoms with Gasteiger partial charge in [0.05, 0.1) is 13.2 Å². The number of unbranched alkanes of at least 4 members (excludes halogenated alkanes) is 1. The molecule has 21 heavy (non-hydrogen) atoms. The predicted octanol–water partition coefficient (Wildman–Crippen LogP) is 2.38. The molecule has 0 radical (unpaired) electrons. The summed E-state index contributed by atoms with van der Waals surface area (Å²) in [4.78, 5) is 16.5. The molecule has 0 amide bonds. The minimum atomic E-state index is -0.0406. The summed E-state index contributed by atoms with van der Waals surface area (Å²) in [5.41, 5.74) is 0. The molecule has 0 aromatic carbocycles. The van der Waals surface area contributed by atoms with Crippen molar-refractivity contribution < 1.29 is 9.53 Å². The van der Waals surface area contributed by atoms with E-state index in [2.05, 4.69) is 23.8 Å². The topological polar surface area (TPSA) is 32.8 Å². The number of nitrogens with zero attached hydrogens (tertiary/aromatic N) is 2. The molecule has 0 aliphatic carbocycles. The molecule has 0 unspecified atom stereocenters. The van der Waals surface area contributed by atoms with Gasteiger partial charge in [-0.2, -0.15) is 0 Å². The van der Waals surface area contributed by atoms with Crippen LogP contribution in [0.4, 0.5) is 0 Å². The molecule has 2 saturated heterocycles. The van der Waals surface area contributed by atoms with E-state index in [1.54, 1.807) is 0 Å². The summed E-state index contributed by atoms with van der Waals surface area (Å²) in [7, 11) is 2.23. The molecule has 0 N–H and O–H groups in total. The first-order chi connectivity index (χ1) is 10.2. The first-order valence-corrected chi connectivity index (χ1v) is 8.75. The predicted molar refractivity (Wildman–Crippen MR) is 85.3 cm³/mol. The fourth-order valence-corrected chi connectivity index (χ4v) is 3.64. The van der Waals surface area contributed by atoms with Gasteiger partial charge in [0.25, 0.3) is 0 Å². The van der Waals surface area contributed by atoms with Crippen LogP contribution < -0.4 is 0 Å². The van der Waals surface area contributed by atoms with Crippen LogP contribution in [0.25, 0.3) is 0 Å². The zero-order valence-corrected chi connectivity index (χ0v) is 13.9. The van der Waals surface area contributed by atoms with Crippen LogP contribution >= 0.6 is 0 Å². The van der Waals surface area contributed by atoms with Crippen LogP contribution in [-0.4, -0.2) is 62.1 Å². The van der Waals surface area contributed by atoms with Crippen LogP contribution in [0.3, 0.4) is 0 Å². The van der Waals surface area contributed by atoms with Crippen molar-refractivity contribution >= 4 is 5.97 Å². The summed E-state index contributed by atoms with van der Waals surface area (Å²) in [6, 6.07) is 0. The highest BCUT2D eigenvalue weighted by atomic mass is 16.5. The van der Waals surface area contributed by atoms with E-state index in [1.807, 2.05) is 0 Å². The van der Waals surface area contributed by atoms with Crippen molar-refractivity contribution in [2.24, 2.45) is 11.8 Å². The number of carbonyl (C=O) groups excluding carboxylic acids is 1. The third-order valence-corrected chi connectivity index (χ3v) is 5.18. The lowest BCUT2D eigenvalue weighted by molar-refractivity contribution is -0.145. The molecule has 4 heteroatoms. The highest BCUT2D eigenvalue weighted by Crippen LogP contribution is 2.32. The molecule has 0 aromatic heterocycles. The van der Waals surface area contributed by atoms with Gasteiger partial charge in [0.15, 0.2) is 0 Å². The van der Waals surface area contributed by atoms with Gasteiger partial charge in [0.1, 0.15) is 0 Å².